The zero-order chi connectivity index (χ0) is 14.1. The largest absolute Gasteiger partial charge is 0.496 e. The van der Waals surface area contributed by atoms with Crippen LogP contribution in [0.4, 0.5) is 5.69 Å². The van der Waals surface area contributed by atoms with E-state index in [2.05, 4.69) is 15.5 Å². The van der Waals surface area contributed by atoms with Crippen LogP contribution in [0.15, 0.2) is 18.2 Å². The highest BCUT2D eigenvalue weighted by Gasteiger charge is 2.34. The highest BCUT2D eigenvalue weighted by Crippen LogP contribution is 2.39. The van der Waals surface area contributed by atoms with Gasteiger partial charge in [0, 0.05) is 12.8 Å². The van der Waals surface area contributed by atoms with Gasteiger partial charge in [-0.25, -0.2) is 4.68 Å². The van der Waals surface area contributed by atoms with E-state index in [1.165, 1.54) is 0 Å². The van der Waals surface area contributed by atoms with Gasteiger partial charge in [-0.3, -0.25) is 0 Å². The number of aromatic nitrogens is 4. The number of hydrogen-bond donors (Lipinski definition) is 1. The van der Waals surface area contributed by atoms with Gasteiger partial charge < -0.3 is 15.2 Å². The Labute approximate surface area is 116 Å². The maximum atomic E-state index is 6.06. The van der Waals surface area contributed by atoms with Crippen LogP contribution >= 0.6 is 0 Å². The zero-order valence-corrected chi connectivity index (χ0v) is 11.5. The second-order valence-electron chi connectivity index (χ2n) is 4.85. The Hall–Kier alpha value is -2.15. The molecule has 0 bridgehead atoms. The molecule has 20 heavy (non-hydrogen) atoms. The first-order valence-corrected chi connectivity index (χ1v) is 6.48. The third kappa shape index (κ3) is 2.00. The number of rotatable bonds is 4. The Kier molecular flexibility index (Phi) is 3.27. The summed E-state index contributed by atoms with van der Waals surface area (Å²) in [4.78, 5) is 0. The summed E-state index contributed by atoms with van der Waals surface area (Å²) in [5, 5.41) is 12.0. The van der Waals surface area contributed by atoms with Crippen LogP contribution in [0.2, 0.25) is 0 Å². The lowest BCUT2D eigenvalue weighted by Gasteiger charge is -2.34. The van der Waals surface area contributed by atoms with Gasteiger partial charge in [0.1, 0.15) is 5.75 Å². The van der Waals surface area contributed by atoms with Gasteiger partial charge in [0.05, 0.1) is 24.8 Å². The molecular formula is C13H17N5O2. The minimum absolute atomic E-state index is 0.245. The molecule has 1 heterocycles. The minimum Gasteiger partial charge on any atom is -0.496 e. The van der Waals surface area contributed by atoms with E-state index in [1.807, 2.05) is 22.9 Å². The molecular weight excluding hydrogens is 258 g/mol. The molecule has 0 radical (unpaired) electrons. The third-order valence-corrected chi connectivity index (χ3v) is 3.74. The molecule has 7 heteroatoms. The Morgan fingerprint density at radius 1 is 1.30 bits per heavy atom. The van der Waals surface area contributed by atoms with E-state index < -0.39 is 0 Å². The third-order valence-electron chi connectivity index (χ3n) is 3.74. The first-order valence-electron chi connectivity index (χ1n) is 6.48. The quantitative estimate of drug-likeness (QED) is 0.846. The number of hydrogen-bond acceptors (Lipinski definition) is 6. The predicted octanol–water partition coefficient (Wildman–Crippen LogP) is 1.28. The smallest absolute Gasteiger partial charge is 0.188 e. The lowest BCUT2D eigenvalue weighted by Crippen LogP contribution is -2.33. The molecule has 1 aromatic carbocycles. The lowest BCUT2D eigenvalue weighted by molar-refractivity contribution is 0.00248. The van der Waals surface area contributed by atoms with Crippen molar-refractivity contribution in [3.63, 3.8) is 0 Å². The van der Waals surface area contributed by atoms with Crippen LogP contribution < -0.4 is 10.5 Å². The highest BCUT2D eigenvalue weighted by molar-refractivity contribution is 5.77. The van der Waals surface area contributed by atoms with Gasteiger partial charge in [-0.05, 0) is 35.4 Å². The van der Waals surface area contributed by atoms with Crippen molar-refractivity contribution < 1.29 is 9.47 Å². The SMILES string of the molecule is COc1cccc(N)c1-c1nnnn1C1CC(OC)C1. The fourth-order valence-electron chi connectivity index (χ4n) is 2.49. The van der Waals surface area contributed by atoms with Crippen molar-refractivity contribution in [3.05, 3.63) is 18.2 Å². The molecule has 7 nitrogen and oxygen atoms in total. The molecule has 0 amide bonds. The van der Waals surface area contributed by atoms with Crippen LogP contribution in [-0.2, 0) is 4.74 Å². The topological polar surface area (TPSA) is 88.1 Å². The van der Waals surface area contributed by atoms with Crippen LogP contribution in [0, 0.1) is 0 Å². The molecule has 1 aliphatic carbocycles. The molecule has 0 spiro atoms. The van der Waals surface area contributed by atoms with Gasteiger partial charge in [0.15, 0.2) is 5.82 Å². The van der Waals surface area contributed by atoms with Crippen molar-refractivity contribution in [1.82, 2.24) is 20.2 Å². The monoisotopic (exact) mass is 275 g/mol. The number of methoxy groups -OCH3 is 2. The fraction of sp³-hybridized carbons (Fsp3) is 0.462. The molecule has 1 saturated carbocycles. The van der Waals surface area contributed by atoms with Crippen molar-refractivity contribution >= 4 is 5.69 Å². The summed E-state index contributed by atoms with van der Waals surface area (Å²) in [6, 6.07) is 5.75. The molecule has 0 atom stereocenters. The first kappa shape index (κ1) is 12.9. The average Bonchev–Trinajstić information content (AvgIpc) is 2.86. The van der Waals surface area contributed by atoms with Crippen LogP contribution in [0.25, 0.3) is 11.4 Å². The second-order valence-corrected chi connectivity index (χ2v) is 4.85. The molecule has 1 aromatic heterocycles. The van der Waals surface area contributed by atoms with Crippen molar-refractivity contribution in [2.75, 3.05) is 20.0 Å². The summed E-state index contributed by atoms with van der Waals surface area (Å²) >= 11 is 0. The molecule has 1 fully saturated rings. The fourth-order valence-corrected chi connectivity index (χ4v) is 2.49. The average molecular weight is 275 g/mol. The summed E-state index contributed by atoms with van der Waals surface area (Å²) in [5.41, 5.74) is 7.39. The Bertz CT molecular complexity index is 607. The van der Waals surface area contributed by atoms with E-state index >= 15 is 0 Å². The molecule has 1 aliphatic rings. The van der Waals surface area contributed by atoms with Crippen LogP contribution in [0.3, 0.4) is 0 Å². The predicted molar refractivity (Wildman–Crippen MR) is 73.3 cm³/mol. The summed E-state index contributed by atoms with van der Waals surface area (Å²) in [7, 11) is 3.33. The van der Waals surface area contributed by atoms with E-state index in [-0.39, 0.29) is 12.1 Å². The molecule has 3 rings (SSSR count). The summed E-state index contributed by atoms with van der Waals surface area (Å²) in [6.45, 7) is 0. The van der Waals surface area contributed by atoms with E-state index in [1.54, 1.807) is 14.2 Å². The molecule has 0 unspecified atom stereocenters. The van der Waals surface area contributed by atoms with E-state index in [0.29, 0.717) is 17.3 Å². The van der Waals surface area contributed by atoms with Crippen LogP contribution in [0.5, 0.6) is 5.75 Å². The van der Waals surface area contributed by atoms with Gasteiger partial charge in [-0.2, -0.15) is 0 Å². The molecule has 0 aliphatic heterocycles. The van der Waals surface area contributed by atoms with Crippen LogP contribution in [0.1, 0.15) is 18.9 Å². The van der Waals surface area contributed by atoms with Crippen molar-refractivity contribution in [2.45, 2.75) is 25.0 Å². The second kappa shape index (κ2) is 5.09. The van der Waals surface area contributed by atoms with Gasteiger partial charge in [-0.1, -0.05) is 6.07 Å². The Morgan fingerprint density at radius 2 is 2.10 bits per heavy atom. The number of nitrogens with two attached hydrogens (primary N) is 1. The number of tetrazole rings is 1. The Morgan fingerprint density at radius 3 is 2.80 bits per heavy atom. The van der Waals surface area contributed by atoms with Crippen molar-refractivity contribution in [1.29, 1.82) is 0 Å². The van der Waals surface area contributed by atoms with E-state index in [4.69, 9.17) is 15.2 Å². The summed E-state index contributed by atoms with van der Waals surface area (Å²) in [5.74, 6) is 1.31. The van der Waals surface area contributed by atoms with Crippen LogP contribution in [-0.4, -0.2) is 40.5 Å². The van der Waals surface area contributed by atoms with Crippen molar-refractivity contribution in [2.24, 2.45) is 0 Å². The maximum absolute atomic E-state index is 6.06. The van der Waals surface area contributed by atoms with E-state index in [9.17, 15) is 0 Å². The van der Waals surface area contributed by atoms with Gasteiger partial charge >= 0.3 is 0 Å². The van der Waals surface area contributed by atoms with Gasteiger partial charge in [0.25, 0.3) is 0 Å². The first-order chi connectivity index (χ1) is 9.74. The maximum Gasteiger partial charge on any atom is 0.188 e. The van der Waals surface area contributed by atoms with Gasteiger partial charge in [-0.15, -0.1) is 5.10 Å². The number of nitrogen functional groups attached to an aromatic ring is 1. The molecule has 2 aromatic rings. The minimum atomic E-state index is 0.245. The zero-order valence-electron chi connectivity index (χ0n) is 11.5. The number of ether oxygens (including phenoxy) is 2. The molecule has 2 N–H and O–H groups in total. The summed E-state index contributed by atoms with van der Waals surface area (Å²) in [6.07, 6.45) is 2.10. The standard InChI is InChI=1S/C13H17N5O2/c1-19-9-6-8(7-9)18-13(15-16-17-18)12-10(14)4-3-5-11(12)20-2/h3-5,8-9H,6-7,14H2,1-2H3. The molecule has 0 saturated heterocycles. The lowest BCUT2D eigenvalue weighted by atomic mass is 9.89. The number of benzene rings is 1. The highest BCUT2D eigenvalue weighted by atomic mass is 16.5. The summed E-state index contributed by atoms with van der Waals surface area (Å²) < 4.78 is 12.5. The molecule has 106 valence electrons. The van der Waals surface area contributed by atoms with Gasteiger partial charge in [0.2, 0.25) is 0 Å². The van der Waals surface area contributed by atoms with Crippen molar-refractivity contribution in [3.8, 4) is 17.1 Å². The normalized spacial score (nSPS) is 21.5. The number of anilines is 1. The number of nitrogens with zero attached hydrogens (tertiary/aromatic N) is 4. The van der Waals surface area contributed by atoms with E-state index in [0.717, 1.165) is 18.4 Å². The Balaban J connectivity index is 1.98.